The van der Waals surface area contributed by atoms with E-state index in [1.54, 1.807) is 26.0 Å². The van der Waals surface area contributed by atoms with Crippen LogP contribution < -0.4 is 0 Å². The van der Waals surface area contributed by atoms with Crippen LogP contribution in [0.4, 0.5) is 13.2 Å². The molecule has 2 aromatic heterocycles. The zero-order valence-corrected chi connectivity index (χ0v) is 8.76. The first-order valence-electron chi connectivity index (χ1n) is 4.70. The number of rotatable bonds is 0. The molecule has 0 saturated heterocycles. The van der Waals surface area contributed by atoms with Gasteiger partial charge in [0.05, 0.1) is 0 Å². The molecule has 0 saturated carbocycles. The topological polar surface area (TPSA) is 25.8 Å². The second-order valence-electron chi connectivity index (χ2n) is 3.65. The SMILES string of the molecule is Cc1ccc2c(C)cc(C(F)(F)F)nc2n1. The van der Waals surface area contributed by atoms with Gasteiger partial charge in [0.2, 0.25) is 0 Å². The Kier molecular flexibility index (Phi) is 2.33. The Morgan fingerprint density at radius 3 is 2.38 bits per heavy atom. The van der Waals surface area contributed by atoms with Gasteiger partial charge in [-0.25, -0.2) is 9.97 Å². The van der Waals surface area contributed by atoms with Crippen LogP contribution in [0, 0.1) is 13.8 Å². The van der Waals surface area contributed by atoms with E-state index in [1.165, 1.54) is 0 Å². The number of aromatic nitrogens is 2. The monoisotopic (exact) mass is 226 g/mol. The van der Waals surface area contributed by atoms with E-state index in [0.717, 1.165) is 6.07 Å². The van der Waals surface area contributed by atoms with Crippen molar-refractivity contribution in [3.8, 4) is 0 Å². The fraction of sp³-hybridized carbons (Fsp3) is 0.273. The molecule has 0 fully saturated rings. The fourth-order valence-corrected chi connectivity index (χ4v) is 1.51. The van der Waals surface area contributed by atoms with Gasteiger partial charge in [-0.1, -0.05) is 0 Å². The molecule has 0 spiro atoms. The van der Waals surface area contributed by atoms with Gasteiger partial charge < -0.3 is 0 Å². The van der Waals surface area contributed by atoms with Crippen molar-refractivity contribution in [3.05, 3.63) is 35.2 Å². The van der Waals surface area contributed by atoms with Crippen LogP contribution in [0.2, 0.25) is 0 Å². The Hall–Kier alpha value is -1.65. The molecule has 5 heteroatoms. The van der Waals surface area contributed by atoms with Crippen molar-refractivity contribution in [2.75, 3.05) is 0 Å². The van der Waals surface area contributed by atoms with Crippen molar-refractivity contribution in [3.63, 3.8) is 0 Å². The minimum atomic E-state index is -4.43. The normalized spacial score (nSPS) is 12.1. The molecule has 2 nitrogen and oxygen atoms in total. The lowest BCUT2D eigenvalue weighted by Crippen LogP contribution is -2.09. The van der Waals surface area contributed by atoms with Gasteiger partial charge in [-0.2, -0.15) is 13.2 Å². The van der Waals surface area contributed by atoms with Crippen LogP contribution in [0.5, 0.6) is 0 Å². The van der Waals surface area contributed by atoms with E-state index in [2.05, 4.69) is 9.97 Å². The number of pyridine rings is 2. The van der Waals surface area contributed by atoms with Crippen molar-refractivity contribution in [2.45, 2.75) is 20.0 Å². The van der Waals surface area contributed by atoms with Gasteiger partial charge in [0.25, 0.3) is 0 Å². The van der Waals surface area contributed by atoms with Gasteiger partial charge in [0.15, 0.2) is 5.65 Å². The Bertz CT molecular complexity index is 547. The van der Waals surface area contributed by atoms with Gasteiger partial charge in [-0.05, 0) is 37.6 Å². The Morgan fingerprint density at radius 2 is 1.75 bits per heavy atom. The lowest BCUT2D eigenvalue weighted by Gasteiger charge is -2.08. The second-order valence-corrected chi connectivity index (χ2v) is 3.65. The average molecular weight is 226 g/mol. The highest BCUT2D eigenvalue weighted by Crippen LogP contribution is 2.30. The Labute approximate surface area is 90.1 Å². The van der Waals surface area contributed by atoms with Crippen LogP contribution in [-0.4, -0.2) is 9.97 Å². The highest BCUT2D eigenvalue weighted by molar-refractivity contribution is 5.78. The quantitative estimate of drug-likeness (QED) is 0.689. The molecule has 0 aliphatic heterocycles. The maximum absolute atomic E-state index is 12.5. The number of nitrogens with zero attached hydrogens (tertiary/aromatic N) is 2. The number of fused-ring (bicyclic) bond motifs is 1. The first kappa shape index (κ1) is 10.9. The van der Waals surface area contributed by atoms with Crippen molar-refractivity contribution in [2.24, 2.45) is 0 Å². The fourth-order valence-electron chi connectivity index (χ4n) is 1.51. The zero-order valence-electron chi connectivity index (χ0n) is 8.76. The summed E-state index contributed by atoms with van der Waals surface area (Å²) in [7, 11) is 0. The summed E-state index contributed by atoms with van der Waals surface area (Å²) in [6.45, 7) is 3.34. The van der Waals surface area contributed by atoms with Gasteiger partial charge in [0.1, 0.15) is 5.69 Å². The molecule has 2 rings (SSSR count). The summed E-state index contributed by atoms with van der Waals surface area (Å²) < 4.78 is 37.5. The molecule has 0 unspecified atom stereocenters. The smallest absolute Gasteiger partial charge is 0.233 e. The molecule has 16 heavy (non-hydrogen) atoms. The summed E-state index contributed by atoms with van der Waals surface area (Å²) in [6, 6.07) is 4.53. The summed E-state index contributed by atoms with van der Waals surface area (Å²) in [4.78, 5) is 7.53. The second kappa shape index (κ2) is 3.43. The van der Waals surface area contributed by atoms with E-state index >= 15 is 0 Å². The third-order valence-electron chi connectivity index (χ3n) is 2.31. The molecule has 0 aromatic carbocycles. The third-order valence-corrected chi connectivity index (χ3v) is 2.31. The minimum absolute atomic E-state index is 0.146. The van der Waals surface area contributed by atoms with Crippen molar-refractivity contribution >= 4 is 11.0 Å². The number of hydrogen-bond acceptors (Lipinski definition) is 2. The van der Waals surface area contributed by atoms with E-state index in [-0.39, 0.29) is 5.65 Å². The zero-order chi connectivity index (χ0) is 11.9. The van der Waals surface area contributed by atoms with Crippen LogP contribution in [0.25, 0.3) is 11.0 Å². The molecule has 0 N–H and O–H groups in total. The minimum Gasteiger partial charge on any atom is -0.233 e. The number of alkyl halides is 3. The predicted octanol–water partition coefficient (Wildman–Crippen LogP) is 3.27. The largest absolute Gasteiger partial charge is 0.433 e. The summed E-state index contributed by atoms with van der Waals surface area (Å²) in [5, 5.41) is 0.651. The van der Waals surface area contributed by atoms with Crippen LogP contribution in [0.3, 0.4) is 0 Å². The van der Waals surface area contributed by atoms with Crippen LogP contribution in [-0.2, 0) is 6.18 Å². The van der Waals surface area contributed by atoms with E-state index in [9.17, 15) is 13.2 Å². The van der Waals surface area contributed by atoms with Crippen molar-refractivity contribution in [1.82, 2.24) is 9.97 Å². The highest BCUT2D eigenvalue weighted by atomic mass is 19.4. The van der Waals surface area contributed by atoms with Gasteiger partial charge in [0, 0.05) is 11.1 Å². The predicted molar refractivity (Wildman–Crippen MR) is 54.0 cm³/mol. The first-order chi connectivity index (χ1) is 7.38. The van der Waals surface area contributed by atoms with Gasteiger partial charge in [-0.15, -0.1) is 0 Å². The van der Waals surface area contributed by atoms with E-state index < -0.39 is 11.9 Å². The first-order valence-corrected chi connectivity index (χ1v) is 4.70. The lowest BCUT2D eigenvalue weighted by atomic mass is 10.1. The maximum Gasteiger partial charge on any atom is 0.433 e. The van der Waals surface area contributed by atoms with Crippen LogP contribution in [0.15, 0.2) is 18.2 Å². The van der Waals surface area contributed by atoms with E-state index in [0.29, 0.717) is 16.6 Å². The molecule has 84 valence electrons. The molecule has 0 radical (unpaired) electrons. The molecule has 0 amide bonds. The molecule has 0 aliphatic rings. The van der Waals surface area contributed by atoms with Crippen LogP contribution >= 0.6 is 0 Å². The van der Waals surface area contributed by atoms with Crippen LogP contribution in [0.1, 0.15) is 17.0 Å². The Balaban J connectivity index is 2.75. The summed E-state index contributed by atoms with van der Waals surface area (Å²) in [6.07, 6.45) is -4.43. The third kappa shape index (κ3) is 1.85. The van der Waals surface area contributed by atoms with Crippen molar-refractivity contribution < 1.29 is 13.2 Å². The highest BCUT2D eigenvalue weighted by Gasteiger charge is 2.33. The van der Waals surface area contributed by atoms with Gasteiger partial charge in [-0.3, -0.25) is 0 Å². The molecule has 2 heterocycles. The molecule has 2 aromatic rings. The maximum atomic E-state index is 12.5. The summed E-state index contributed by atoms with van der Waals surface area (Å²) >= 11 is 0. The van der Waals surface area contributed by atoms with Crippen molar-refractivity contribution in [1.29, 1.82) is 0 Å². The Morgan fingerprint density at radius 1 is 1.06 bits per heavy atom. The molecule has 0 bridgehead atoms. The lowest BCUT2D eigenvalue weighted by molar-refractivity contribution is -0.141. The number of aryl methyl sites for hydroxylation is 2. The van der Waals surface area contributed by atoms with E-state index in [1.807, 2.05) is 0 Å². The van der Waals surface area contributed by atoms with Gasteiger partial charge >= 0.3 is 6.18 Å². The molecule has 0 atom stereocenters. The summed E-state index contributed by atoms with van der Waals surface area (Å²) in [5.41, 5.74) is 0.437. The van der Waals surface area contributed by atoms with E-state index in [4.69, 9.17) is 0 Å². The molecular weight excluding hydrogens is 217 g/mol. The number of hydrogen-bond donors (Lipinski definition) is 0. The standard InChI is InChI=1S/C11H9F3N2/c1-6-5-9(11(12,13)14)16-10-8(6)4-3-7(2)15-10/h3-5H,1-2H3. The number of halogens is 3. The molecular formula is C11H9F3N2. The average Bonchev–Trinajstić information content (AvgIpc) is 2.15. The summed E-state index contributed by atoms with van der Waals surface area (Å²) in [5.74, 6) is 0. The molecule has 0 aliphatic carbocycles.